The summed E-state index contributed by atoms with van der Waals surface area (Å²) in [5, 5.41) is 5.76. The fourth-order valence-electron chi connectivity index (χ4n) is 3.15. The van der Waals surface area contributed by atoms with Crippen LogP contribution in [0.5, 0.6) is 0 Å². The third-order valence-electron chi connectivity index (χ3n) is 4.53. The number of para-hydroxylation sites is 2. The van der Waals surface area contributed by atoms with Gasteiger partial charge in [-0.1, -0.05) is 12.1 Å². The SMILES string of the molecule is COCCCNC(=O)Cn1c(CNC(=O)C2CCCO2)nc2ccccc21. The molecule has 1 atom stereocenters. The predicted molar refractivity (Wildman–Crippen MR) is 100 cm³/mol. The normalized spacial score (nSPS) is 16.6. The lowest BCUT2D eigenvalue weighted by molar-refractivity contribution is -0.130. The van der Waals surface area contributed by atoms with Crippen molar-refractivity contribution in [3.05, 3.63) is 30.1 Å². The number of aromatic nitrogens is 2. The number of carbonyl (C=O) groups is 2. The van der Waals surface area contributed by atoms with Gasteiger partial charge < -0.3 is 24.7 Å². The van der Waals surface area contributed by atoms with Crippen molar-refractivity contribution < 1.29 is 19.1 Å². The van der Waals surface area contributed by atoms with Crippen molar-refractivity contribution in [1.82, 2.24) is 20.2 Å². The molecule has 0 bridgehead atoms. The Morgan fingerprint density at radius 3 is 2.96 bits per heavy atom. The first-order valence-electron chi connectivity index (χ1n) is 9.28. The van der Waals surface area contributed by atoms with Crippen LogP contribution in [0.4, 0.5) is 0 Å². The molecule has 1 aliphatic rings. The van der Waals surface area contributed by atoms with Crippen molar-refractivity contribution in [3.63, 3.8) is 0 Å². The van der Waals surface area contributed by atoms with Crippen molar-refractivity contribution >= 4 is 22.8 Å². The number of imidazole rings is 1. The van der Waals surface area contributed by atoms with E-state index in [1.165, 1.54) is 0 Å². The summed E-state index contributed by atoms with van der Waals surface area (Å²) in [4.78, 5) is 29.1. The Balaban J connectivity index is 1.67. The number of rotatable bonds is 9. The topological polar surface area (TPSA) is 94.5 Å². The molecule has 0 aliphatic carbocycles. The zero-order chi connectivity index (χ0) is 19.1. The van der Waals surface area contributed by atoms with Crippen LogP contribution in [0, 0.1) is 0 Å². The summed E-state index contributed by atoms with van der Waals surface area (Å²) < 4.78 is 12.2. The van der Waals surface area contributed by atoms with Gasteiger partial charge >= 0.3 is 0 Å². The van der Waals surface area contributed by atoms with Gasteiger partial charge in [0.05, 0.1) is 17.6 Å². The van der Waals surface area contributed by atoms with Crippen molar-refractivity contribution in [2.75, 3.05) is 26.9 Å². The molecule has 8 nitrogen and oxygen atoms in total. The number of hydrogen-bond donors (Lipinski definition) is 2. The Morgan fingerprint density at radius 2 is 2.19 bits per heavy atom. The molecule has 1 aliphatic heterocycles. The second-order valence-electron chi connectivity index (χ2n) is 6.52. The molecule has 8 heteroatoms. The molecule has 2 N–H and O–H groups in total. The monoisotopic (exact) mass is 374 g/mol. The average molecular weight is 374 g/mol. The fraction of sp³-hybridized carbons (Fsp3) is 0.526. The Hall–Kier alpha value is -2.45. The molecule has 2 aromatic rings. The second-order valence-corrected chi connectivity index (χ2v) is 6.52. The molecule has 1 fully saturated rings. The molecule has 1 aromatic heterocycles. The quantitative estimate of drug-likeness (QED) is 0.638. The summed E-state index contributed by atoms with van der Waals surface area (Å²) in [7, 11) is 1.64. The molecule has 2 amide bonds. The summed E-state index contributed by atoms with van der Waals surface area (Å²) in [5.74, 6) is 0.422. The largest absolute Gasteiger partial charge is 0.385 e. The van der Waals surface area contributed by atoms with Gasteiger partial charge in [0.15, 0.2) is 0 Å². The van der Waals surface area contributed by atoms with Crippen molar-refractivity contribution in [1.29, 1.82) is 0 Å². The highest BCUT2D eigenvalue weighted by molar-refractivity contribution is 5.82. The van der Waals surface area contributed by atoms with E-state index < -0.39 is 0 Å². The van der Waals surface area contributed by atoms with Crippen LogP contribution in [0.15, 0.2) is 24.3 Å². The minimum Gasteiger partial charge on any atom is -0.385 e. The van der Waals surface area contributed by atoms with Crippen LogP contribution < -0.4 is 10.6 Å². The number of carbonyl (C=O) groups excluding carboxylic acids is 2. The van der Waals surface area contributed by atoms with Crippen molar-refractivity contribution in [3.8, 4) is 0 Å². The van der Waals surface area contributed by atoms with Gasteiger partial charge in [0, 0.05) is 26.9 Å². The minimum absolute atomic E-state index is 0.0963. The van der Waals surface area contributed by atoms with Gasteiger partial charge in [-0.3, -0.25) is 9.59 Å². The maximum atomic E-state index is 12.3. The number of nitrogens with one attached hydrogen (secondary N) is 2. The van der Waals surface area contributed by atoms with E-state index in [1.807, 2.05) is 28.8 Å². The van der Waals surface area contributed by atoms with E-state index in [9.17, 15) is 9.59 Å². The summed E-state index contributed by atoms with van der Waals surface area (Å²) in [6.07, 6.45) is 2.02. The first kappa shape index (κ1) is 19.3. The average Bonchev–Trinajstić information content (AvgIpc) is 3.32. The van der Waals surface area contributed by atoms with Crippen LogP contribution in [0.25, 0.3) is 11.0 Å². The second kappa shape index (κ2) is 9.48. The lowest BCUT2D eigenvalue weighted by Crippen LogP contribution is -2.35. The van der Waals surface area contributed by atoms with Gasteiger partial charge in [-0.15, -0.1) is 0 Å². The van der Waals surface area contributed by atoms with E-state index in [0.717, 1.165) is 30.3 Å². The molecule has 0 saturated carbocycles. The van der Waals surface area contributed by atoms with E-state index in [1.54, 1.807) is 7.11 Å². The third-order valence-corrected chi connectivity index (χ3v) is 4.53. The number of nitrogens with zero attached hydrogens (tertiary/aromatic N) is 2. The van der Waals surface area contributed by atoms with Crippen LogP contribution in [-0.2, 0) is 32.2 Å². The Bertz CT molecular complexity index is 783. The molecule has 2 heterocycles. The highest BCUT2D eigenvalue weighted by Gasteiger charge is 2.24. The number of ether oxygens (including phenoxy) is 2. The Morgan fingerprint density at radius 1 is 1.33 bits per heavy atom. The Labute approximate surface area is 158 Å². The van der Waals surface area contributed by atoms with Gasteiger partial charge in [0.25, 0.3) is 0 Å². The molecule has 146 valence electrons. The van der Waals surface area contributed by atoms with E-state index >= 15 is 0 Å². The summed E-state index contributed by atoms with van der Waals surface area (Å²) >= 11 is 0. The van der Waals surface area contributed by atoms with Crippen LogP contribution >= 0.6 is 0 Å². The number of hydrogen-bond acceptors (Lipinski definition) is 5. The number of amides is 2. The van der Waals surface area contributed by atoms with Crippen LogP contribution in [0.2, 0.25) is 0 Å². The maximum Gasteiger partial charge on any atom is 0.249 e. The van der Waals surface area contributed by atoms with Gasteiger partial charge in [-0.25, -0.2) is 4.98 Å². The Kier molecular flexibility index (Phi) is 6.78. The van der Waals surface area contributed by atoms with Crippen LogP contribution in [0.3, 0.4) is 0 Å². The van der Waals surface area contributed by atoms with E-state index in [0.29, 0.717) is 25.6 Å². The predicted octanol–water partition coefficient (Wildman–Crippen LogP) is 0.984. The maximum absolute atomic E-state index is 12.3. The highest BCUT2D eigenvalue weighted by atomic mass is 16.5. The third kappa shape index (κ3) is 5.05. The van der Waals surface area contributed by atoms with Gasteiger partial charge in [0.1, 0.15) is 18.5 Å². The molecule has 1 aromatic carbocycles. The first-order valence-corrected chi connectivity index (χ1v) is 9.28. The molecular formula is C19H26N4O4. The van der Waals surface area contributed by atoms with Crippen LogP contribution in [-0.4, -0.2) is 54.3 Å². The lowest BCUT2D eigenvalue weighted by atomic mass is 10.2. The zero-order valence-corrected chi connectivity index (χ0v) is 15.6. The highest BCUT2D eigenvalue weighted by Crippen LogP contribution is 2.17. The fourth-order valence-corrected chi connectivity index (χ4v) is 3.15. The van der Waals surface area contributed by atoms with E-state index in [2.05, 4.69) is 15.6 Å². The zero-order valence-electron chi connectivity index (χ0n) is 15.6. The standard InChI is InChI=1S/C19H26N4O4/c1-26-10-5-9-20-18(24)13-23-15-7-3-2-6-14(15)22-17(23)12-21-19(25)16-8-4-11-27-16/h2-3,6-7,16H,4-5,8-13H2,1H3,(H,20,24)(H,21,25). The smallest absolute Gasteiger partial charge is 0.249 e. The molecule has 0 spiro atoms. The van der Waals surface area contributed by atoms with Crippen molar-refractivity contribution in [2.24, 2.45) is 0 Å². The molecule has 3 rings (SSSR count). The molecule has 1 unspecified atom stereocenters. The lowest BCUT2D eigenvalue weighted by Gasteiger charge is -2.12. The molecular weight excluding hydrogens is 348 g/mol. The molecule has 0 radical (unpaired) electrons. The summed E-state index contributed by atoms with van der Waals surface area (Å²) in [5.41, 5.74) is 1.66. The van der Waals surface area contributed by atoms with E-state index in [4.69, 9.17) is 9.47 Å². The summed E-state index contributed by atoms with van der Waals surface area (Å²) in [6.45, 7) is 2.20. The molecule has 27 heavy (non-hydrogen) atoms. The van der Waals surface area contributed by atoms with Gasteiger partial charge in [-0.05, 0) is 31.4 Å². The minimum atomic E-state index is -0.382. The van der Waals surface area contributed by atoms with Gasteiger partial charge in [-0.2, -0.15) is 0 Å². The van der Waals surface area contributed by atoms with Crippen molar-refractivity contribution in [2.45, 2.75) is 38.5 Å². The number of fused-ring (bicyclic) bond motifs is 1. The number of methoxy groups -OCH3 is 1. The number of benzene rings is 1. The van der Waals surface area contributed by atoms with Gasteiger partial charge in [0.2, 0.25) is 11.8 Å². The van der Waals surface area contributed by atoms with Crippen LogP contribution in [0.1, 0.15) is 25.1 Å². The first-order chi connectivity index (χ1) is 13.2. The van der Waals surface area contributed by atoms with E-state index in [-0.39, 0.29) is 31.0 Å². The molecule has 1 saturated heterocycles. The summed E-state index contributed by atoms with van der Waals surface area (Å²) in [6, 6.07) is 7.63.